The van der Waals surface area contributed by atoms with Gasteiger partial charge in [-0.3, -0.25) is 9.37 Å². The summed E-state index contributed by atoms with van der Waals surface area (Å²) in [5.74, 6) is 0. The van der Waals surface area contributed by atoms with Gasteiger partial charge in [-0.1, -0.05) is 42.8 Å². The first-order valence-corrected chi connectivity index (χ1v) is 9.40. The Hall–Kier alpha value is -2.25. The molecule has 0 amide bonds. The highest BCUT2D eigenvalue weighted by atomic mass is 19.1. The van der Waals surface area contributed by atoms with Gasteiger partial charge in [0.05, 0.1) is 7.18 Å². The lowest BCUT2D eigenvalue weighted by atomic mass is 9.94. The van der Waals surface area contributed by atoms with Crippen molar-refractivity contribution >= 4 is 0 Å². The van der Waals surface area contributed by atoms with Gasteiger partial charge in [-0.15, -0.1) is 0 Å². The Bertz CT molecular complexity index is 553. The summed E-state index contributed by atoms with van der Waals surface area (Å²) in [5, 5.41) is 3.02. The number of hydrogen-bond donors (Lipinski definition) is 1. The molecule has 0 atom stereocenters. The van der Waals surface area contributed by atoms with Crippen LogP contribution in [0.2, 0.25) is 0 Å². The van der Waals surface area contributed by atoms with E-state index < -0.39 is 0 Å². The number of nitrogens with zero attached hydrogens (tertiary/aromatic N) is 2. The highest BCUT2D eigenvalue weighted by Crippen LogP contribution is 2.18. The van der Waals surface area contributed by atoms with Crippen molar-refractivity contribution in [3.63, 3.8) is 0 Å². The molecule has 1 aromatic heterocycles. The van der Waals surface area contributed by atoms with Crippen LogP contribution in [0.3, 0.4) is 0 Å². The summed E-state index contributed by atoms with van der Waals surface area (Å²) in [6.45, 7) is 11.2. The van der Waals surface area contributed by atoms with E-state index in [2.05, 4.69) is 47.2 Å². The molecule has 4 heteroatoms. The second kappa shape index (κ2) is 21.8. The minimum atomic E-state index is 0.500. The van der Waals surface area contributed by atoms with Crippen LogP contribution in [0, 0.1) is 13.5 Å². The van der Waals surface area contributed by atoms with Crippen LogP contribution < -0.4 is 5.32 Å². The smallest absolute Gasteiger partial charge is 0.205 e. The molecule has 3 nitrogen and oxygen atoms in total. The number of fused-ring (bicyclic) bond motifs is 1. The molecule has 1 N–H and O–H groups in total. The maximum atomic E-state index is 9.50. The summed E-state index contributed by atoms with van der Waals surface area (Å²) < 4.78 is 9.50. The van der Waals surface area contributed by atoms with E-state index in [4.69, 9.17) is 6.57 Å². The van der Waals surface area contributed by atoms with Crippen LogP contribution in [0.5, 0.6) is 0 Å². The molecule has 0 aliphatic heterocycles. The van der Waals surface area contributed by atoms with Crippen LogP contribution in [0.1, 0.15) is 42.9 Å². The topological polar surface area (TPSA) is 29.3 Å². The molecular formula is C23H36FN3. The minimum Gasteiger partial charge on any atom is -0.320 e. The lowest BCUT2D eigenvalue weighted by Crippen LogP contribution is -2.04. The van der Waals surface area contributed by atoms with Gasteiger partial charge in [-0.2, -0.15) is 0 Å². The van der Waals surface area contributed by atoms with Crippen LogP contribution in [0.25, 0.3) is 4.85 Å². The molecule has 1 aliphatic carbocycles. The Morgan fingerprint density at radius 3 is 2.00 bits per heavy atom. The lowest BCUT2D eigenvalue weighted by molar-refractivity contribution is 0.636. The van der Waals surface area contributed by atoms with Gasteiger partial charge in [0.2, 0.25) is 7.05 Å². The quantitative estimate of drug-likeness (QED) is 0.685. The summed E-state index contributed by atoms with van der Waals surface area (Å²) in [6, 6.07) is 12.4. The SMILES string of the molecule is CCCNC.CF.Cc1ccccc1.[C-]#[N+]C.c1cc2c(cn1)CCCC2. The van der Waals surface area contributed by atoms with Crippen molar-refractivity contribution in [2.45, 2.75) is 46.0 Å². The molecular weight excluding hydrogens is 337 g/mol. The van der Waals surface area contributed by atoms with Crippen LogP contribution in [-0.4, -0.2) is 32.8 Å². The van der Waals surface area contributed by atoms with E-state index in [0.29, 0.717) is 7.18 Å². The minimum absolute atomic E-state index is 0.500. The maximum Gasteiger partial charge on any atom is 0.205 e. The lowest BCUT2D eigenvalue weighted by Gasteiger charge is -2.13. The number of alkyl halides is 1. The molecule has 1 aliphatic rings. The van der Waals surface area contributed by atoms with Gasteiger partial charge in [0.15, 0.2) is 0 Å². The number of aromatic nitrogens is 1. The average Bonchev–Trinajstić information content (AvgIpc) is 2.72. The van der Waals surface area contributed by atoms with Crippen LogP contribution in [-0.2, 0) is 12.8 Å². The number of aryl methyl sites for hydroxylation is 3. The molecule has 0 spiro atoms. The fourth-order valence-corrected chi connectivity index (χ4v) is 2.34. The molecule has 0 unspecified atom stereocenters. The fourth-order valence-electron chi connectivity index (χ4n) is 2.34. The summed E-state index contributed by atoms with van der Waals surface area (Å²) in [4.78, 5) is 6.85. The van der Waals surface area contributed by atoms with Crippen molar-refractivity contribution in [2.75, 3.05) is 27.8 Å². The number of halogens is 1. The molecule has 27 heavy (non-hydrogen) atoms. The number of rotatable bonds is 2. The zero-order valence-corrected chi connectivity index (χ0v) is 17.6. The number of pyridine rings is 1. The maximum absolute atomic E-state index is 9.50. The summed E-state index contributed by atoms with van der Waals surface area (Å²) >= 11 is 0. The predicted molar refractivity (Wildman–Crippen MR) is 116 cm³/mol. The predicted octanol–water partition coefficient (Wildman–Crippen LogP) is 5.69. The number of nitrogens with one attached hydrogen (secondary N) is 1. The zero-order chi connectivity index (χ0) is 20.8. The van der Waals surface area contributed by atoms with Crippen LogP contribution in [0.15, 0.2) is 48.8 Å². The molecule has 1 aromatic carbocycles. The number of hydrogen-bond acceptors (Lipinski definition) is 2. The normalized spacial score (nSPS) is 10.4. The van der Waals surface area contributed by atoms with E-state index in [1.54, 1.807) is 0 Å². The van der Waals surface area contributed by atoms with Crippen molar-refractivity contribution < 1.29 is 4.39 Å². The van der Waals surface area contributed by atoms with Crippen molar-refractivity contribution in [3.05, 3.63) is 76.9 Å². The molecule has 150 valence electrons. The Morgan fingerprint density at radius 1 is 1.07 bits per heavy atom. The Labute approximate surface area is 165 Å². The number of benzene rings is 1. The van der Waals surface area contributed by atoms with E-state index in [0.717, 1.165) is 6.54 Å². The molecule has 0 saturated carbocycles. The molecule has 0 radical (unpaired) electrons. The third-order valence-electron chi connectivity index (χ3n) is 3.59. The largest absolute Gasteiger partial charge is 0.320 e. The standard InChI is InChI=1S/C9H11N.C7H8.C4H11N.C2H3N.CH3F/c1-2-4-9-7-10-6-5-8(9)3-1;1-7-5-3-2-4-6-7;1-3-4-5-2;1-3-2;1-2/h5-7H,1-4H2;2-6H,1H3;5H,3-4H2,1-2H3;1H3;1H3. The molecule has 0 saturated heterocycles. The Kier molecular flexibility index (Phi) is 21.8. The van der Waals surface area contributed by atoms with Gasteiger partial charge in [0.1, 0.15) is 0 Å². The van der Waals surface area contributed by atoms with E-state index >= 15 is 0 Å². The van der Waals surface area contributed by atoms with E-state index in [9.17, 15) is 4.39 Å². The fraction of sp³-hybridized carbons (Fsp3) is 0.478. The van der Waals surface area contributed by atoms with Gasteiger partial charge < -0.3 is 10.2 Å². The van der Waals surface area contributed by atoms with Crippen LogP contribution in [0.4, 0.5) is 4.39 Å². The average molecular weight is 374 g/mol. The van der Waals surface area contributed by atoms with Gasteiger partial charge in [0, 0.05) is 12.4 Å². The van der Waals surface area contributed by atoms with E-state index in [1.165, 1.54) is 55.8 Å². The second-order valence-corrected chi connectivity index (χ2v) is 5.83. The van der Waals surface area contributed by atoms with Gasteiger partial charge in [-0.05, 0) is 69.8 Å². The van der Waals surface area contributed by atoms with E-state index in [1.807, 2.05) is 37.6 Å². The molecule has 0 bridgehead atoms. The first-order valence-electron chi connectivity index (χ1n) is 9.40. The first-order chi connectivity index (χ1) is 13.2. The molecule has 2 aromatic rings. The van der Waals surface area contributed by atoms with Crippen molar-refractivity contribution in [1.29, 1.82) is 0 Å². The monoisotopic (exact) mass is 373 g/mol. The third kappa shape index (κ3) is 16.9. The molecule has 1 heterocycles. The van der Waals surface area contributed by atoms with Gasteiger partial charge in [0.25, 0.3) is 0 Å². The third-order valence-corrected chi connectivity index (χ3v) is 3.59. The van der Waals surface area contributed by atoms with Crippen molar-refractivity contribution in [3.8, 4) is 0 Å². The zero-order valence-electron chi connectivity index (χ0n) is 17.6. The highest BCUT2D eigenvalue weighted by Gasteiger charge is 2.06. The summed E-state index contributed by atoms with van der Waals surface area (Å²) in [7, 11) is 3.88. The van der Waals surface area contributed by atoms with Crippen LogP contribution >= 0.6 is 0 Å². The molecule has 0 fully saturated rings. The van der Waals surface area contributed by atoms with Crippen molar-refractivity contribution in [1.82, 2.24) is 10.3 Å². The summed E-state index contributed by atoms with van der Waals surface area (Å²) in [6.07, 6.45) is 10.3. The van der Waals surface area contributed by atoms with Gasteiger partial charge in [-0.25, -0.2) is 6.57 Å². The Balaban J connectivity index is 0. The molecule has 3 rings (SSSR count). The van der Waals surface area contributed by atoms with Gasteiger partial charge >= 0.3 is 0 Å². The highest BCUT2D eigenvalue weighted by molar-refractivity contribution is 5.25. The summed E-state index contributed by atoms with van der Waals surface area (Å²) in [5.41, 5.74) is 4.30. The van der Waals surface area contributed by atoms with Crippen molar-refractivity contribution in [2.24, 2.45) is 0 Å². The Morgan fingerprint density at radius 2 is 1.63 bits per heavy atom. The second-order valence-electron chi connectivity index (χ2n) is 5.83. The first kappa shape index (κ1) is 27.0. The van der Waals surface area contributed by atoms with E-state index in [-0.39, 0.29) is 0 Å².